The summed E-state index contributed by atoms with van der Waals surface area (Å²) in [6, 6.07) is 9.10. The van der Waals surface area contributed by atoms with Crippen LogP contribution in [0.3, 0.4) is 0 Å². The Bertz CT molecular complexity index is 1580. The van der Waals surface area contributed by atoms with Crippen LogP contribution in [0.2, 0.25) is 0 Å². The average molecular weight is 562 g/mol. The summed E-state index contributed by atoms with van der Waals surface area (Å²) < 4.78 is 28.9. The van der Waals surface area contributed by atoms with Crippen LogP contribution in [-0.4, -0.2) is 49.6 Å². The lowest BCUT2D eigenvalue weighted by molar-refractivity contribution is 0.102. The number of urea groups is 1. The van der Waals surface area contributed by atoms with E-state index in [1.165, 1.54) is 35.1 Å². The molecule has 2 aliphatic rings. The zero-order valence-corrected chi connectivity index (χ0v) is 22.0. The van der Waals surface area contributed by atoms with E-state index in [0.717, 1.165) is 50.4 Å². The fraction of sp³-hybridized carbons (Fsp3) is 0.321. The molecule has 41 heavy (non-hydrogen) atoms. The molecule has 0 radical (unpaired) electrons. The molecule has 4 aromatic rings. The third-order valence-corrected chi connectivity index (χ3v) is 7.15. The van der Waals surface area contributed by atoms with Crippen molar-refractivity contribution in [1.29, 1.82) is 0 Å². The minimum absolute atomic E-state index is 0.0123. The predicted molar refractivity (Wildman–Crippen MR) is 150 cm³/mol. The van der Waals surface area contributed by atoms with Gasteiger partial charge in [0.05, 0.1) is 23.8 Å². The van der Waals surface area contributed by atoms with Gasteiger partial charge in [-0.2, -0.15) is 0 Å². The number of imidazole rings is 1. The standard InChI is InChI=1S/C28H29F2N9O2/c29-16-2-1-3-20(12-16)36-28(41)35-19-8-6-18(7-9-19)34-25-13-23(33-17-4-5-17)26-32-15-24(39(26)38-25)27(40)37-22-10-11-31-14-21(22)30/h1-3,10-15,17-19,33H,4-9H2,(H,34,38)(H,31,37,40)(H2,35,36,41)/t18-,19-. The molecule has 0 spiro atoms. The highest BCUT2D eigenvalue weighted by Crippen LogP contribution is 2.30. The van der Waals surface area contributed by atoms with Crippen LogP contribution in [0.5, 0.6) is 0 Å². The van der Waals surface area contributed by atoms with Gasteiger partial charge in [-0.25, -0.2) is 23.1 Å². The van der Waals surface area contributed by atoms with Crippen molar-refractivity contribution >= 4 is 40.5 Å². The average Bonchev–Trinajstić information content (AvgIpc) is 3.66. The number of amides is 3. The smallest absolute Gasteiger partial charge is 0.319 e. The molecule has 0 unspecified atom stereocenters. The van der Waals surface area contributed by atoms with Gasteiger partial charge < -0.3 is 26.6 Å². The monoisotopic (exact) mass is 561 g/mol. The lowest BCUT2D eigenvalue weighted by Crippen LogP contribution is -2.42. The van der Waals surface area contributed by atoms with Crippen LogP contribution in [0.25, 0.3) is 5.65 Å². The van der Waals surface area contributed by atoms with Crippen molar-refractivity contribution in [2.24, 2.45) is 0 Å². The van der Waals surface area contributed by atoms with E-state index in [0.29, 0.717) is 23.2 Å². The van der Waals surface area contributed by atoms with E-state index in [1.54, 1.807) is 12.1 Å². The molecule has 0 aliphatic heterocycles. The van der Waals surface area contributed by atoms with E-state index < -0.39 is 17.5 Å². The maximum Gasteiger partial charge on any atom is 0.319 e. The number of carbonyl (C=O) groups is 2. The lowest BCUT2D eigenvalue weighted by atomic mass is 9.91. The zero-order chi connectivity index (χ0) is 28.3. The van der Waals surface area contributed by atoms with Crippen LogP contribution < -0.4 is 26.6 Å². The number of aromatic nitrogens is 4. The van der Waals surface area contributed by atoms with Gasteiger partial charge in [0.25, 0.3) is 5.91 Å². The summed E-state index contributed by atoms with van der Waals surface area (Å²) in [7, 11) is 0. The van der Waals surface area contributed by atoms with E-state index in [-0.39, 0.29) is 29.5 Å². The third-order valence-electron chi connectivity index (χ3n) is 7.15. The van der Waals surface area contributed by atoms with Crippen LogP contribution in [0.4, 0.5) is 36.5 Å². The Morgan fingerprint density at radius 1 is 0.854 bits per heavy atom. The van der Waals surface area contributed by atoms with Gasteiger partial charge in [-0.05, 0) is 62.8 Å². The number of nitrogens with one attached hydrogen (secondary N) is 5. The highest BCUT2D eigenvalue weighted by Gasteiger charge is 2.26. The summed E-state index contributed by atoms with van der Waals surface area (Å²) in [5.41, 5.74) is 1.83. The summed E-state index contributed by atoms with van der Waals surface area (Å²) >= 11 is 0. The fourth-order valence-electron chi connectivity index (χ4n) is 4.92. The fourth-order valence-corrected chi connectivity index (χ4v) is 4.92. The van der Waals surface area contributed by atoms with E-state index in [9.17, 15) is 18.4 Å². The Labute approximate surface area is 234 Å². The number of benzene rings is 1. The number of pyridine rings is 1. The number of hydrogen-bond donors (Lipinski definition) is 5. The van der Waals surface area contributed by atoms with Crippen molar-refractivity contribution < 1.29 is 18.4 Å². The van der Waals surface area contributed by atoms with Crippen LogP contribution in [0.15, 0.2) is 55.0 Å². The maximum atomic E-state index is 14.1. The number of fused-ring (bicyclic) bond motifs is 1. The molecule has 5 N–H and O–H groups in total. The van der Waals surface area contributed by atoms with Crippen molar-refractivity contribution in [3.05, 3.63) is 72.3 Å². The van der Waals surface area contributed by atoms with Crippen molar-refractivity contribution in [3.63, 3.8) is 0 Å². The minimum Gasteiger partial charge on any atom is -0.379 e. The van der Waals surface area contributed by atoms with Crippen LogP contribution in [0.1, 0.15) is 49.0 Å². The molecule has 0 atom stereocenters. The van der Waals surface area contributed by atoms with E-state index in [2.05, 4.69) is 41.7 Å². The number of rotatable bonds is 8. The molecule has 2 saturated carbocycles. The highest BCUT2D eigenvalue weighted by atomic mass is 19.1. The van der Waals surface area contributed by atoms with Crippen LogP contribution >= 0.6 is 0 Å². The summed E-state index contributed by atoms with van der Waals surface area (Å²) in [5.74, 6) is -1.03. The van der Waals surface area contributed by atoms with E-state index >= 15 is 0 Å². The van der Waals surface area contributed by atoms with Crippen molar-refractivity contribution in [1.82, 2.24) is 24.9 Å². The van der Waals surface area contributed by atoms with Gasteiger partial charge in [0.2, 0.25) is 0 Å². The minimum atomic E-state index is -0.641. The largest absolute Gasteiger partial charge is 0.379 e. The number of hydrogen-bond acceptors (Lipinski definition) is 7. The maximum absolute atomic E-state index is 14.1. The Morgan fingerprint density at radius 2 is 1.61 bits per heavy atom. The molecular weight excluding hydrogens is 532 g/mol. The van der Waals surface area contributed by atoms with Gasteiger partial charge in [-0.1, -0.05) is 6.07 Å². The molecule has 6 rings (SSSR count). The number of nitrogens with zero attached hydrogens (tertiary/aromatic N) is 4. The van der Waals surface area contributed by atoms with Crippen LogP contribution in [-0.2, 0) is 0 Å². The van der Waals surface area contributed by atoms with E-state index in [1.807, 2.05) is 6.07 Å². The number of halogens is 2. The quantitative estimate of drug-likeness (QED) is 0.209. The second-order valence-corrected chi connectivity index (χ2v) is 10.4. The highest BCUT2D eigenvalue weighted by molar-refractivity contribution is 6.03. The molecule has 2 fully saturated rings. The summed E-state index contributed by atoms with van der Waals surface area (Å²) in [4.78, 5) is 33.5. The zero-order valence-electron chi connectivity index (χ0n) is 22.0. The molecule has 0 bridgehead atoms. The van der Waals surface area contributed by atoms with Gasteiger partial charge in [0.15, 0.2) is 17.2 Å². The van der Waals surface area contributed by atoms with Crippen molar-refractivity contribution in [2.45, 2.75) is 56.7 Å². The van der Waals surface area contributed by atoms with Crippen LogP contribution in [0, 0.1) is 11.6 Å². The number of anilines is 4. The first kappa shape index (κ1) is 26.4. The van der Waals surface area contributed by atoms with Gasteiger partial charge in [-0.3, -0.25) is 9.78 Å². The van der Waals surface area contributed by atoms with Gasteiger partial charge in [-0.15, -0.1) is 5.10 Å². The predicted octanol–water partition coefficient (Wildman–Crippen LogP) is 4.77. The Morgan fingerprint density at radius 3 is 2.37 bits per heavy atom. The molecule has 11 nitrogen and oxygen atoms in total. The third kappa shape index (κ3) is 6.34. The first-order valence-electron chi connectivity index (χ1n) is 13.6. The van der Waals surface area contributed by atoms with Gasteiger partial charge >= 0.3 is 6.03 Å². The Balaban J connectivity index is 1.12. The topological polar surface area (TPSA) is 137 Å². The molecule has 1 aromatic carbocycles. The second kappa shape index (κ2) is 11.4. The van der Waals surface area contributed by atoms with Crippen molar-refractivity contribution in [2.75, 3.05) is 21.3 Å². The molecule has 3 aromatic heterocycles. The lowest BCUT2D eigenvalue weighted by Gasteiger charge is -2.30. The number of carbonyl (C=O) groups excluding carboxylic acids is 2. The Kier molecular flexibility index (Phi) is 7.32. The normalized spacial score (nSPS) is 18.5. The summed E-state index contributed by atoms with van der Waals surface area (Å²) in [6.45, 7) is 0. The molecule has 2 aliphatic carbocycles. The first-order valence-corrected chi connectivity index (χ1v) is 13.6. The molecular formula is C28H29F2N9O2. The molecule has 3 amide bonds. The van der Waals surface area contributed by atoms with Crippen molar-refractivity contribution in [3.8, 4) is 0 Å². The molecule has 212 valence electrons. The second-order valence-electron chi connectivity index (χ2n) is 10.4. The van der Waals surface area contributed by atoms with Gasteiger partial charge in [0.1, 0.15) is 11.6 Å². The molecule has 0 saturated heterocycles. The summed E-state index contributed by atoms with van der Waals surface area (Å²) in [5, 5.41) is 19.8. The SMILES string of the molecule is O=C(Nc1cccc(F)c1)N[C@H]1CC[C@H](Nc2cc(NC3CC3)c3ncc(C(=O)Nc4ccncc4F)n3n2)CC1. The van der Waals surface area contributed by atoms with E-state index in [4.69, 9.17) is 0 Å². The Hall–Kier alpha value is -4.81. The summed E-state index contributed by atoms with van der Waals surface area (Å²) in [6.07, 6.45) is 9.02. The van der Waals surface area contributed by atoms with Gasteiger partial charge in [0, 0.05) is 36.1 Å². The molecule has 3 heterocycles. The molecule has 13 heteroatoms. The first-order chi connectivity index (χ1) is 19.9.